The standard InChI is InChI=1S/C12H12BNS/c1-3-9-12(8-13)15-11-7-5-4-6-10(11)14(9)2/h3-8H,1-2H3/b9-3+,12-8+. The van der Waals surface area contributed by atoms with Crippen molar-refractivity contribution in [3.8, 4) is 0 Å². The summed E-state index contributed by atoms with van der Waals surface area (Å²) in [6, 6.07) is 8.35. The lowest BCUT2D eigenvalue weighted by Gasteiger charge is -2.31. The summed E-state index contributed by atoms with van der Waals surface area (Å²) >= 11 is 1.72. The maximum Gasteiger partial charge on any atom is 0.104 e. The number of para-hydroxylation sites is 1. The fourth-order valence-corrected chi connectivity index (χ4v) is 2.86. The summed E-state index contributed by atoms with van der Waals surface area (Å²) in [5, 5.41) is 0. The Kier molecular flexibility index (Phi) is 2.92. The number of nitrogens with zero attached hydrogens (tertiary/aromatic N) is 1. The SMILES string of the molecule is [B]/C=C1/Sc2ccccc2N(C)/C1=C/C. The van der Waals surface area contributed by atoms with Gasteiger partial charge in [0.15, 0.2) is 0 Å². The van der Waals surface area contributed by atoms with Crippen LogP contribution in [0.5, 0.6) is 0 Å². The molecule has 0 aliphatic carbocycles. The highest BCUT2D eigenvalue weighted by atomic mass is 32.2. The molecule has 1 heterocycles. The molecule has 0 fully saturated rings. The van der Waals surface area contributed by atoms with Gasteiger partial charge in [-0.15, -0.1) is 5.98 Å². The third-order valence-corrected chi connectivity index (χ3v) is 3.62. The van der Waals surface area contributed by atoms with Gasteiger partial charge in [-0.05, 0) is 19.1 Å². The van der Waals surface area contributed by atoms with Gasteiger partial charge in [-0.25, -0.2) is 0 Å². The summed E-state index contributed by atoms with van der Waals surface area (Å²) in [5.41, 5.74) is 2.41. The van der Waals surface area contributed by atoms with Gasteiger partial charge in [0.1, 0.15) is 7.85 Å². The summed E-state index contributed by atoms with van der Waals surface area (Å²) in [4.78, 5) is 4.53. The molecule has 1 aromatic rings. The second-order valence-electron chi connectivity index (χ2n) is 3.33. The molecule has 0 saturated heterocycles. The largest absolute Gasteiger partial charge is 0.343 e. The minimum atomic E-state index is 1.11. The van der Waals surface area contributed by atoms with E-state index in [4.69, 9.17) is 7.85 Å². The molecule has 1 aliphatic rings. The predicted octanol–water partition coefficient (Wildman–Crippen LogP) is 3.14. The van der Waals surface area contributed by atoms with E-state index in [1.807, 2.05) is 6.92 Å². The van der Waals surface area contributed by atoms with Gasteiger partial charge in [-0.3, -0.25) is 0 Å². The summed E-state index contributed by atoms with van der Waals surface area (Å²) in [5.74, 6) is 1.67. The normalized spacial score (nSPS) is 20.8. The fraction of sp³-hybridized carbons (Fsp3) is 0.167. The minimum absolute atomic E-state index is 1.11. The van der Waals surface area contributed by atoms with Crippen molar-refractivity contribution >= 4 is 25.3 Å². The number of anilines is 1. The Hall–Kier alpha value is -1.09. The Morgan fingerprint density at radius 2 is 2.07 bits per heavy atom. The van der Waals surface area contributed by atoms with E-state index in [2.05, 4.69) is 42.3 Å². The maximum atomic E-state index is 5.64. The molecule has 2 radical (unpaired) electrons. The molecule has 0 bridgehead atoms. The molecule has 15 heavy (non-hydrogen) atoms. The van der Waals surface area contributed by atoms with Crippen molar-refractivity contribution in [1.29, 1.82) is 0 Å². The molecule has 0 spiro atoms. The van der Waals surface area contributed by atoms with E-state index < -0.39 is 0 Å². The number of hydrogen-bond donors (Lipinski definition) is 0. The van der Waals surface area contributed by atoms with Gasteiger partial charge in [-0.2, -0.15) is 0 Å². The second kappa shape index (κ2) is 4.19. The first-order chi connectivity index (χ1) is 7.27. The van der Waals surface area contributed by atoms with Crippen LogP contribution in [-0.2, 0) is 0 Å². The van der Waals surface area contributed by atoms with E-state index in [1.54, 1.807) is 17.7 Å². The number of likely N-dealkylation sites (N-methyl/N-ethyl adjacent to an activating group) is 1. The van der Waals surface area contributed by atoms with Crippen LogP contribution in [0.25, 0.3) is 0 Å². The van der Waals surface area contributed by atoms with Crippen molar-refractivity contribution in [2.75, 3.05) is 11.9 Å². The molecule has 0 unspecified atom stereocenters. The molecule has 0 aromatic heterocycles. The van der Waals surface area contributed by atoms with Crippen LogP contribution < -0.4 is 4.90 Å². The number of hydrogen-bond acceptors (Lipinski definition) is 2. The van der Waals surface area contributed by atoms with E-state index >= 15 is 0 Å². The topological polar surface area (TPSA) is 3.24 Å². The number of thioether (sulfide) groups is 1. The average Bonchev–Trinajstić information content (AvgIpc) is 2.29. The number of fused-ring (bicyclic) bond motifs is 1. The summed E-state index contributed by atoms with van der Waals surface area (Å²) < 4.78 is 0. The van der Waals surface area contributed by atoms with E-state index in [0.717, 1.165) is 4.91 Å². The lowest BCUT2D eigenvalue weighted by molar-refractivity contribution is 1.08. The first kappa shape index (κ1) is 10.4. The molecule has 2 rings (SSSR count). The third-order valence-electron chi connectivity index (χ3n) is 2.49. The minimum Gasteiger partial charge on any atom is -0.343 e. The Morgan fingerprint density at radius 3 is 2.73 bits per heavy atom. The summed E-state index contributed by atoms with van der Waals surface area (Å²) in [6.07, 6.45) is 2.08. The Balaban J connectivity index is 2.55. The number of benzene rings is 1. The van der Waals surface area contributed by atoms with Crippen molar-refractivity contribution in [2.24, 2.45) is 0 Å². The van der Waals surface area contributed by atoms with Gasteiger partial charge in [-0.1, -0.05) is 30.0 Å². The smallest absolute Gasteiger partial charge is 0.104 e. The zero-order valence-corrected chi connectivity index (χ0v) is 9.71. The van der Waals surface area contributed by atoms with E-state index in [1.165, 1.54) is 16.3 Å². The van der Waals surface area contributed by atoms with Crippen LogP contribution in [0, 0.1) is 0 Å². The molecule has 1 aliphatic heterocycles. The first-order valence-electron chi connectivity index (χ1n) is 4.87. The lowest BCUT2D eigenvalue weighted by atomic mass is 10.1. The molecule has 1 nitrogen and oxygen atoms in total. The van der Waals surface area contributed by atoms with Gasteiger partial charge < -0.3 is 4.90 Å². The van der Waals surface area contributed by atoms with Gasteiger partial charge >= 0.3 is 0 Å². The summed E-state index contributed by atoms with van der Waals surface area (Å²) in [7, 11) is 7.71. The van der Waals surface area contributed by atoms with Gasteiger partial charge in [0.2, 0.25) is 0 Å². The Labute approximate surface area is 96.3 Å². The molecule has 74 valence electrons. The van der Waals surface area contributed by atoms with Crippen LogP contribution in [0.2, 0.25) is 0 Å². The van der Waals surface area contributed by atoms with Gasteiger partial charge in [0, 0.05) is 22.5 Å². The van der Waals surface area contributed by atoms with E-state index in [0.29, 0.717) is 0 Å². The lowest BCUT2D eigenvalue weighted by Crippen LogP contribution is -2.21. The molecule has 3 heteroatoms. The van der Waals surface area contributed by atoms with Crippen molar-refractivity contribution in [3.63, 3.8) is 0 Å². The maximum absolute atomic E-state index is 5.64. The molecule has 0 N–H and O–H groups in total. The zero-order valence-electron chi connectivity index (χ0n) is 8.90. The van der Waals surface area contributed by atoms with Crippen LogP contribution in [0.4, 0.5) is 5.69 Å². The molecule has 0 atom stereocenters. The monoisotopic (exact) mass is 213 g/mol. The van der Waals surface area contributed by atoms with Crippen molar-refractivity contribution in [3.05, 3.63) is 46.9 Å². The third kappa shape index (κ3) is 1.72. The highest BCUT2D eigenvalue weighted by Crippen LogP contribution is 2.44. The van der Waals surface area contributed by atoms with Crippen molar-refractivity contribution in [1.82, 2.24) is 0 Å². The van der Waals surface area contributed by atoms with Crippen molar-refractivity contribution in [2.45, 2.75) is 11.8 Å². The number of allylic oxidation sites excluding steroid dienone is 1. The van der Waals surface area contributed by atoms with Gasteiger partial charge in [0.05, 0.1) is 5.69 Å². The van der Waals surface area contributed by atoms with E-state index in [-0.39, 0.29) is 0 Å². The highest BCUT2D eigenvalue weighted by molar-refractivity contribution is 8.03. The van der Waals surface area contributed by atoms with Crippen molar-refractivity contribution < 1.29 is 0 Å². The molecular weight excluding hydrogens is 201 g/mol. The summed E-state index contributed by atoms with van der Waals surface area (Å²) in [6.45, 7) is 2.03. The molecule has 0 saturated carbocycles. The Bertz CT molecular complexity index is 437. The fourth-order valence-electron chi connectivity index (χ4n) is 1.74. The predicted molar refractivity (Wildman–Crippen MR) is 68.3 cm³/mol. The molecule has 1 aromatic carbocycles. The first-order valence-corrected chi connectivity index (χ1v) is 5.68. The highest BCUT2D eigenvalue weighted by Gasteiger charge is 2.20. The van der Waals surface area contributed by atoms with Crippen LogP contribution in [0.3, 0.4) is 0 Å². The van der Waals surface area contributed by atoms with Crippen LogP contribution >= 0.6 is 11.8 Å². The van der Waals surface area contributed by atoms with Gasteiger partial charge in [0.25, 0.3) is 0 Å². The second-order valence-corrected chi connectivity index (χ2v) is 4.42. The number of rotatable bonds is 0. The van der Waals surface area contributed by atoms with E-state index in [9.17, 15) is 0 Å². The van der Waals surface area contributed by atoms with Crippen LogP contribution in [0.1, 0.15) is 6.92 Å². The molecular formula is C12H12BNS. The van der Waals surface area contributed by atoms with Crippen LogP contribution in [0.15, 0.2) is 51.8 Å². The average molecular weight is 213 g/mol. The van der Waals surface area contributed by atoms with Crippen LogP contribution in [-0.4, -0.2) is 14.9 Å². The Morgan fingerprint density at radius 1 is 1.33 bits per heavy atom. The zero-order chi connectivity index (χ0) is 10.8. The quantitative estimate of drug-likeness (QED) is 0.609. The molecule has 0 amide bonds.